The summed E-state index contributed by atoms with van der Waals surface area (Å²) in [6, 6.07) is 8.43. The Morgan fingerprint density at radius 1 is 1.15 bits per heavy atom. The van der Waals surface area contributed by atoms with E-state index < -0.39 is 27.7 Å². The van der Waals surface area contributed by atoms with Gasteiger partial charge in [-0.25, -0.2) is 8.42 Å². The van der Waals surface area contributed by atoms with Crippen molar-refractivity contribution in [3.05, 3.63) is 53.1 Å². The van der Waals surface area contributed by atoms with Crippen LogP contribution in [0.3, 0.4) is 0 Å². The predicted molar refractivity (Wildman–Crippen MR) is 147 cm³/mol. The number of carboxylic acid groups (broad SMARTS) is 1. The van der Waals surface area contributed by atoms with Gasteiger partial charge in [-0.05, 0) is 68.9 Å². The molecule has 0 amide bonds. The monoisotopic (exact) mass is 603 g/mol. The number of piperidine rings is 1. The minimum atomic E-state index is -4.73. The van der Waals surface area contributed by atoms with Crippen molar-refractivity contribution in [2.45, 2.75) is 56.5 Å². The van der Waals surface area contributed by atoms with E-state index in [1.165, 1.54) is 18.2 Å². The lowest BCUT2D eigenvalue weighted by molar-refractivity contribution is -0.138. The van der Waals surface area contributed by atoms with E-state index in [1.807, 2.05) is 4.90 Å². The van der Waals surface area contributed by atoms with Crippen LogP contribution in [0.5, 0.6) is 5.75 Å². The molecule has 0 radical (unpaired) electrons. The molecule has 2 aromatic carbocycles. The Morgan fingerprint density at radius 3 is 2.42 bits per heavy atom. The maximum Gasteiger partial charge on any atom is 0.416 e. The highest BCUT2D eigenvalue weighted by atomic mass is 35.5. The fourth-order valence-electron chi connectivity index (χ4n) is 4.50. The van der Waals surface area contributed by atoms with E-state index in [4.69, 9.17) is 26.9 Å². The molecule has 1 heterocycles. The third-order valence-electron chi connectivity index (χ3n) is 6.77. The van der Waals surface area contributed by atoms with Crippen LogP contribution in [0.2, 0.25) is 5.02 Å². The Bertz CT molecular complexity index is 1300. The van der Waals surface area contributed by atoms with E-state index in [0.29, 0.717) is 25.3 Å². The topological polar surface area (TPSA) is 111 Å². The molecule has 8 nitrogen and oxygen atoms in total. The van der Waals surface area contributed by atoms with Crippen molar-refractivity contribution in [1.82, 2.24) is 4.90 Å². The van der Waals surface area contributed by atoms with Crippen LogP contribution >= 0.6 is 11.6 Å². The molecule has 1 saturated heterocycles. The first-order chi connectivity index (χ1) is 18.8. The molecule has 40 heavy (non-hydrogen) atoms. The van der Waals surface area contributed by atoms with Crippen LogP contribution in [0.4, 0.5) is 18.9 Å². The number of carbonyl (C=O) groups is 1. The number of likely N-dealkylation sites (tertiary alicyclic amines) is 1. The molecule has 1 fully saturated rings. The van der Waals surface area contributed by atoms with E-state index in [2.05, 4.69) is 0 Å². The second kappa shape index (κ2) is 13.6. The fraction of sp³-hybridized carbons (Fsp3) is 0.481. The van der Waals surface area contributed by atoms with Gasteiger partial charge in [0.1, 0.15) is 10.6 Å². The third-order valence-corrected chi connectivity index (χ3v) is 9.09. The number of carboxylic acids is 1. The first-order valence-electron chi connectivity index (χ1n) is 12.9. The Labute approximate surface area is 237 Å². The quantitative estimate of drug-likeness (QED) is 0.168. The highest BCUT2D eigenvalue weighted by Crippen LogP contribution is 2.40. The Morgan fingerprint density at radius 2 is 1.82 bits per heavy atom. The average molecular weight is 604 g/mol. The molecule has 1 aliphatic heterocycles. The van der Waals surface area contributed by atoms with Gasteiger partial charge in [-0.2, -0.15) is 13.2 Å². The number of hydrogen-bond acceptors (Lipinski definition) is 5. The van der Waals surface area contributed by atoms with Crippen molar-refractivity contribution in [1.29, 1.82) is 5.41 Å². The molecular weight excluding hydrogens is 571 g/mol. The maximum atomic E-state index is 13.8. The van der Waals surface area contributed by atoms with Gasteiger partial charge in [0.2, 0.25) is 0 Å². The molecule has 0 bridgehead atoms. The van der Waals surface area contributed by atoms with Crippen molar-refractivity contribution in [3.8, 4) is 5.75 Å². The van der Waals surface area contributed by atoms with Gasteiger partial charge in [0.15, 0.2) is 0 Å². The number of aliphatic carboxylic acids is 1. The van der Waals surface area contributed by atoms with Crippen molar-refractivity contribution < 1.29 is 36.2 Å². The zero-order valence-corrected chi connectivity index (χ0v) is 23.7. The number of ether oxygens (including phenoxy) is 1. The number of unbranched alkanes of at least 4 members (excludes halogenated alkanes) is 2. The van der Waals surface area contributed by atoms with Gasteiger partial charge in [0, 0.05) is 26.1 Å². The molecule has 220 valence electrons. The summed E-state index contributed by atoms with van der Waals surface area (Å²) in [6.07, 6.45) is -2.56. The number of halogens is 4. The van der Waals surface area contributed by atoms with Crippen molar-refractivity contribution in [3.63, 3.8) is 0 Å². The summed E-state index contributed by atoms with van der Waals surface area (Å²) in [4.78, 5) is 12.5. The van der Waals surface area contributed by atoms with Crippen LogP contribution in [-0.2, 0) is 21.0 Å². The molecule has 0 atom stereocenters. The lowest BCUT2D eigenvalue weighted by Crippen LogP contribution is -2.38. The predicted octanol–water partition coefficient (Wildman–Crippen LogP) is 6.29. The van der Waals surface area contributed by atoms with Crippen LogP contribution in [0.1, 0.15) is 51.0 Å². The van der Waals surface area contributed by atoms with Crippen LogP contribution in [0.25, 0.3) is 0 Å². The fourth-order valence-corrected chi connectivity index (χ4v) is 6.51. The summed E-state index contributed by atoms with van der Waals surface area (Å²) in [7, 11) is -4.43. The lowest BCUT2D eigenvalue weighted by atomic mass is 9.98. The molecule has 0 saturated carbocycles. The molecule has 3 rings (SSSR count). The van der Waals surface area contributed by atoms with E-state index in [0.717, 1.165) is 35.3 Å². The van der Waals surface area contributed by atoms with Gasteiger partial charge in [-0.3, -0.25) is 14.5 Å². The van der Waals surface area contributed by atoms with Crippen molar-refractivity contribution in [2.24, 2.45) is 5.92 Å². The van der Waals surface area contributed by atoms with Gasteiger partial charge in [-0.15, -0.1) is 0 Å². The Balaban J connectivity index is 1.97. The lowest BCUT2D eigenvalue weighted by Gasteiger charge is -2.33. The Kier molecular flexibility index (Phi) is 10.7. The van der Waals surface area contributed by atoms with E-state index >= 15 is 0 Å². The van der Waals surface area contributed by atoms with Gasteiger partial charge in [0.25, 0.3) is 10.0 Å². The van der Waals surface area contributed by atoms with Crippen LogP contribution in [-0.4, -0.2) is 56.5 Å². The third kappa shape index (κ3) is 8.26. The summed E-state index contributed by atoms with van der Waals surface area (Å²) in [6.45, 7) is 2.99. The number of nitrogens with zero attached hydrogens (tertiary/aromatic N) is 2. The number of anilines is 1. The number of alkyl halides is 3. The largest absolute Gasteiger partial charge is 0.491 e. The molecule has 2 aromatic rings. The van der Waals surface area contributed by atoms with Gasteiger partial charge >= 0.3 is 12.1 Å². The van der Waals surface area contributed by atoms with Gasteiger partial charge in [0.05, 0.1) is 28.7 Å². The van der Waals surface area contributed by atoms with E-state index in [-0.39, 0.29) is 59.7 Å². The summed E-state index contributed by atoms with van der Waals surface area (Å²) < 4.78 is 75.8. The number of nitrogens with one attached hydrogen (secondary N) is 1. The second-order valence-corrected chi connectivity index (χ2v) is 12.0. The molecule has 0 aliphatic carbocycles. The number of rotatable bonds is 12. The second-order valence-electron chi connectivity index (χ2n) is 9.72. The summed E-state index contributed by atoms with van der Waals surface area (Å²) in [5, 5.41) is 16.6. The number of amidine groups is 1. The van der Waals surface area contributed by atoms with Crippen molar-refractivity contribution in [2.75, 3.05) is 30.5 Å². The molecule has 0 spiro atoms. The first kappa shape index (κ1) is 31.5. The smallest absolute Gasteiger partial charge is 0.416 e. The molecule has 0 aromatic heterocycles. The highest BCUT2D eigenvalue weighted by molar-refractivity contribution is 7.93. The number of sulfonamides is 1. The minimum absolute atomic E-state index is 0.0140. The number of hydrogen-bond donors (Lipinski definition) is 2. The molecule has 1 aliphatic rings. The Hall–Kier alpha value is -2.99. The van der Waals surface area contributed by atoms with Crippen LogP contribution < -0.4 is 9.04 Å². The zero-order valence-electron chi connectivity index (χ0n) is 22.1. The summed E-state index contributed by atoms with van der Waals surface area (Å²) in [5.74, 6) is -0.459. The van der Waals surface area contributed by atoms with Gasteiger partial charge < -0.3 is 14.7 Å². The highest BCUT2D eigenvalue weighted by Gasteiger charge is 2.35. The minimum Gasteiger partial charge on any atom is -0.491 e. The molecule has 0 unspecified atom stereocenters. The average Bonchev–Trinajstić information content (AvgIpc) is 2.89. The molecule has 13 heteroatoms. The van der Waals surface area contributed by atoms with E-state index in [1.54, 1.807) is 13.0 Å². The SMILES string of the molecule is CC(=N)N1CCC(COc2ccc(C(F)(F)F)cc2N(CCCCCC(=O)O)S(=O)(=O)c2ccccc2Cl)CC1. The van der Waals surface area contributed by atoms with E-state index in [9.17, 15) is 26.4 Å². The molecular formula is C27H33ClF3N3O5S. The normalized spacial score (nSPS) is 14.7. The standard InChI is InChI=1S/C27H33ClF3N3O5S/c1-19(32)33-15-12-20(13-16-33)18-39-24-11-10-21(27(29,30)31)17-23(24)34(14-6-2-3-9-26(35)36)40(37,38)25-8-5-4-7-22(25)28/h4-5,7-8,10-11,17,20,32H,2-3,6,9,12-16,18H2,1H3,(H,35,36). The molecule has 2 N–H and O–H groups in total. The first-order valence-corrected chi connectivity index (χ1v) is 14.8. The summed E-state index contributed by atoms with van der Waals surface area (Å²) >= 11 is 6.20. The van der Waals surface area contributed by atoms with Gasteiger partial charge in [-0.1, -0.05) is 30.2 Å². The zero-order chi connectivity index (χ0) is 29.5. The van der Waals surface area contributed by atoms with Crippen LogP contribution in [0.15, 0.2) is 47.4 Å². The van der Waals surface area contributed by atoms with Crippen LogP contribution in [0, 0.1) is 11.3 Å². The maximum absolute atomic E-state index is 13.8. The summed E-state index contributed by atoms with van der Waals surface area (Å²) in [5.41, 5.74) is -1.30. The number of benzene rings is 2. The van der Waals surface area contributed by atoms with Crippen molar-refractivity contribution >= 4 is 39.1 Å².